The van der Waals surface area contributed by atoms with Crippen LogP contribution in [0.1, 0.15) is 54.9 Å². The van der Waals surface area contributed by atoms with Crippen molar-refractivity contribution in [2.45, 2.75) is 51.2 Å². The van der Waals surface area contributed by atoms with Gasteiger partial charge in [-0.05, 0) is 49.3 Å². The molecule has 1 aliphatic rings. The number of aliphatic hydroxyl groups is 2. The van der Waals surface area contributed by atoms with Gasteiger partial charge in [-0.1, -0.05) is 25.5 Å². The maximum atomic E-state index is 12.1. The maximum absolute atomic E-state index is 12.1. The van der Waals surface area contributed by atoms with Crippen LogP contribution in [0.2, 0.25) is 0 Å². The predicted octanol–water partition coefficient (Wildman–Crippen LogP) is 2.24. The minimum atomic E-state index is -0.758. The normalized spacial score (nSPS) is 25.6. The first-order valence-corrected chi connectivity index (χ1v) is 7.76. The number of hydrogen-bond donors (Lipinski definition) is 3. The van der Waals surface area contributed by atoms with Crippen LogP contribution in [0.15, 0.2) is 24.3 Å². The van der Waals surface area contributed by atoms with Crippen LogP contribution in [0.25, 0.3) is 0 Å². The Morgan fingerprint density at radius 1 is 1.29 bits per heavy atom. The van der Waals surface area contributed by atoms with E-state index in [1.165, 1.54) is 6.42 Å². The molecule has 116 valence electrons. The van der Waals surface area contributed by atoms with Crippen molar-refractivity contribution in [3.8, 4) is 0 Å². The average Bonchev–Trinajstić information content (AvgIpc) is 2.53. The topological polar surface area (TPSA) is 69.6 Å². The molecule has 0 aliphatic heterocycles. The van der Waals surface area contributed by atoms with E-state index in [-0.39, 0.29) is 12.5 Å². The van der Waals surface area contributed by atoms with Crippen LogP contribution in [0.5, 0.6) is 0 Å². The molecule has 1 fully saturated rings. The van der Waals surface area contributed by atoms with Gasteiger partial charge in [0, 0.05) is 12.1 Å². The number of carbonyl (C=O) groups is 1. The second kappa shape index (κ2) is 7.05. The van der Waals surface area contributed by atoms with Crippen LogP contribution in [0, 0.1) is 5.92 Å². The Bertz CT molecular complexity index is 461. The summed E-state index contributed by atoms with van der Waals surface area (Å²) in [6, 6.07) is 6.85. The summed E-state index contributed by atoms with van der Waals surface area (Å²) < 4.78 is 0. The van der Waals surface area contributed by atoms with Crippen LogP contribution in [-0.2, 0) is 6.61 Å². The summed E-state index contributed by atoms with van der Waals surface area (Å²) in [4.78, 5) is 12.1. The molecule has 1 aromatic rings. The van der Waals surface area contributed by atoms with E-state index in [2.05, 4.69) is 12.2 Å². The molecule has 3 N–H and O–H groups in total. The second-order valence-electron chi connectivity index (χ2n) is 6.11. The summed E-state index contributed by atoms with van der Waals surface area (Å²) in [5.74, 6) is 0.539. The zero-order chi connectivity index (χ0) is 15.3. The molecule has 0 unspecified atom stereocenters. The molecule has 0 spiro atoms. The molecule has 0 bridgehead atoms. The molecule has 0 aromatic heterocycles. The Morgan fingerprint density at radius 2 is 1.90 bits per heavy atom. The largest absolute Gasteiger partial charge is 0.392 e. The van der Waals surface area contributed by atoms with Crippen LogP contribution in [-0.4, -0.2) is 28.3 Å². The summed E-state index contributed by atoms with van der Waals surface area (Å²) >= 11 is 0. The Morgan fingerprint density at radius 3 is 2.43 bits per heavy atom. The highest BCUT2D eigenvalue weighted by atomic mass is 16.3. The lowest BCUT2D eigenvalue weighted by Crippen LogP contribution is -2.45. The summed E-state index contributed by atoms with van der Waals surface area (Å²) in [6.45, 7) is 2.47. The van der Waals surface area contributed by atoms with Gasteiger partial charge in [0.05, 0.1) is 12.2 Å². The van der Waals surface area contributed by atoms with E-state index in [0.29, 0.717) is 18.0 Å². The molecule has 1 aromatic carbocycles. The van der Waals surface area contributed by atoms with Gasteiger partial charge in [-0.2, -0.15) is 0 Å². The van der Waals surface area contributed by atoms with Crippen LogP contribution >= 0.6 is 0 Å². The molecule has 0 atom stereocenters. The van der Waals surface area contributed by atoms with Gasteiger partial charge in [0.2, 0.25) is 0 Å². The van der Waals surface area contributed by atoms with Gasteiger partial charge in [-0.25, -0.2) is 0 Å². The molecular formula is C17H25NO3. The molecular weight excluding hydrogens is 266 g/mol. The van der Waals surface area contributed by atoms with Crippen molar-refractivity contribution in [2.24, 2.45) is 5.92 Å². The molecule has 0 radical (unpaired) electrons. The lowest BCUT2D eigenvalue weighted by molar-refractivity contribution is -0.00786. The van der Waals surface area contributed by atoms with E-state index in [0.717, 1.165) is 31.2 Å². The standard InChI is InChI=1S/C17H25NO3/c1-2-13-7-9-17(21,10-8-13)12-18-16(20)15-5-3-14(11-19)4-6-15/h3-6,13,19,21H,2,7-12H2,1H3,(H,18,20). The lowest BCUT2D eigenvalue weighted by Gasteiger charge is -2.35. The first-order valence-electron chi connectivity index (χ1n) is 7.76. The summed E-state index contributed by atoms with van der Waals surface area (Å²) in [5, 5.41) is 22.3. The molecule has 2 rings (SSSR count). The third kappa shape index (κ3) is 4.29. The fourth-order valence-electron chi connectivity index (χ4n) is 2.91. The van der Waals surface area contributed by atoms with Crippen molar-refractivity contribution in [1.29, 1.82) is 0 Å². The van der Waals surface area contributed by atoms with Crippen LogP contribution < -0.4 is 5.32 Å². The average molecular weight is 291 g/mol. The smallest absolute Gasteiger partial charge is 0.251 e. The van der Waals surface area contributed by atoms with Crippen LogP contribution in [0.3, 0.4) is 0 Å². The number of benzene rings is 1. The zero-order valence-electron chi connectivity index (χ0n) is 12.6. The zero-order valence-corrected chi connectivity index (χ0v) is 12.6. The fourth-order valence-corrected chi connectivity index (χ4v) is 2.91. The number of amides is 1. The number of rotatable bonds is 5. The van der Waals surface area contributed by atoms with E-state index in [1.54, 1.807) is 24.3 Å². The van der Waals surface area contributed by atoms with E-state index >= 15 is 0 Å². The van der Waals surface area contributed by atoms with Crippen molar-refractivity contribution in [1.82, 2.24) is 5.32 Å². The highest BCUT2D eigenvalue weighted by Gasteiger charge is 2.32. The van der Waals surface area contributed by atoms with Crippen molar-refractivity contribution in [3.05, 3.63) is 35.4 Å². The second-order valence-corrected chi connectivity index (χ2v) is 6.11. The first-order chi connectivity index (χ1) is 10.1. The SMILES string of the molecule is CCC1CCC(O)(CNC(=O)c2ccc(CO)cc2)CC1. The Kier molecular flexibility index (Phi) is 5.37. The highest BCUT2D eigenvalue weighted by Crippen LogP contribution is 2.33. The summed E-state index contributed by atoms with van der Waals surface area (Å²) in [6.07, 6.45) is 4.76. The summed E-state index contributed by atoms with van der Waals surface area (Å²) in [5.41, 5.74) is 0.577. The van der Waals surface area contributed by atoms with Crippen LogP contribution in [0.4, 0.5) is 0 Å². The van der Waals surface area contributed by atoms with Crippen molar-refractivity contribution < 1.29 is 15.0 Å². The molecule has 1 saturated carbocycles. The van der Waals surface area contributed by atoms with Gasteiger partial charge >= 0.3 is 0 Å². The maximum Gasteiger partial charge on any atom is 0.251 e. The Labute approximate surface area is 126 Å². The lowest BCUT2D eigenvalue weighted by atomic mass is 9.78. The van der Waals surface area contributed by atoms with Crippen molar-refractivity contribution in [2.75, 3.05) is 6.54 Å². The van der Waals surface area contributed by atoms with Crippen molar-refractivity contribution in [3.63, 3.8) is 0 Å². The number of nitrogens with one attached hydrogen (secondary N) is 1. The summed E-state index contributed by atoms with van der Waals surface area (Å²) in [7, 11) is 0. The quantitative estimate of drug-likeness (QED) is 0.779. The molecule has 4 heteroatoms. The van der Waals surface area contributed by atoms with Gasteiger partial charge in [0.25, 0.3) is 5.91 Å². The van der Waals surface area contributed by atoms with E-state index in [4.69, 9.17) is 5.11 Å². The van der Waals surface area contributed by atoms with Gasteiger partial charge < -0.3 is 15.5 Å². The monoisotopic (exact) mass is 291 g/mol. The molecule has 4 nitrogen and oxygen atoms in total. The van der Waals surface area contributed by atoms with E-state index < -0.39 is 5.60 Å². The Hall–Kier alpha value is -1.39. The predicted molar refractivity (Wildman–Crippen MR) is 81.9 cm³/mol. The number of hydrogen-bond acceptors (Lipinski definition) is 3. The fraction of sp³-hybridized carbons (Fsp3) is 0.588. The molecule has 1 amide bonds. The van der Waals surface area contributed by atoms with Crippen molar-refractivity contribution >= 4 is 5.91 Å². The minimum Gasteiger partial charge on any atom is -0.392 e. The first kappa shape index (κ1) is 16.0. The number of aliphatic hydroxyl groups excluding tert-OH is 1. The van der Waals surface area contributed by atoms with Gasteiger partial charge in [-0.15, -0.1) is 0 Å². The minimum absolute atomic E-state index is 0.0275. The van der Waals surface area contributed by atoms with Gasteiger partial charge in [0.15, 0.2) is 0 Å². The Balaban J connectivity index is 1.85. The molecule has 0 saturated heterocycles. The number of carbonyl (C=O) groups excluding carboxylic acids is 1. The third-order valence-electron chi connectivity index (χ3n) is 4.59. The highest BCUT2D eigenvalue weighted by molar-refractivity contribution is 5.94. The van der Waals surface area contributed by atoms with E-state index in [9.17, 15) is 9.90 Å². The molecule has 21 heavy (non-hydrogen) atoms. The van der Waals surface area contributed by atoms with E-state index in [1.807, 2.05) is 0 Å². The third-order valence-corrected chi connectivity index (χ3v) is 4.59. The van der Waals surface area contributed by atoms with Gasteiger partial charge in [0.1, 0.15) is 0 Å². The molecule has 1 aliphatic carbocycles. The molecule has 0 heterocycles. The van der Waals surface area contributed by atoms with Gasteiger partial charge in [-0.3, -0.25) is 4.79 Å².